The quantitative estimate of drug-likeness (QED) is 0.330. The first-order valence-corrected chi connectivity index (χ1v) is 11.3. The third kappa shape index (κ3) is 7.08. The highest BCUT2D eigenvalue weighted by molar-refractivity contribution is 8.01. The molecule has 0 spiro atoms. The number of nitrogens with zero attached hydrogens (tertiary/aromatic N) is 1. The van der Waals surface area contributed by atoms with Crippen molar-refractivity contribution in [3.8, 4) is 11.8 Å². The molecule has 5 nitrogen and oxygen atoms in total. The van der Waals surface area contributed by atoms with Crippen LogP contribution in [0.25, 0.3) is 0 Å². The van der Waals surface area contributed by atoms with Crippen LogP contribution in [0.15, 0.2) is 21.9 Å². The van der Waals surface area contributed by atoms with E-state index in [1.807, 2.05) is 13.0 Å². The summed E-state index contributed by atoms with van der Waals surface area (Å²) in [6.45, 7) is 3.62. The van der Waals surface area contributed by atoms with E-state index in [1.54, 1.807) is 6.92 Å². The number of allylic oxidation sites excluding steroid dienone is 1. The van der Waals surface area contributed by atoms with Crippen LogP contribution in [0, 0.1) is 23.7 Å². The molecule has 0 radical (unpaired) electrons. The standard InChI is InChI=1S/C21H27NO4S2/c1-3-4-5-11-21(2,26)12-6-7-15-8-9-18(23)16(15)10-13-27-20-22-17(14-28-20)19(24)25/h6-7,14-16,26H,5,8-13H2,1-2H3,(H,24,25)/b7-6+/t15-,16-,21?/m1/s1. The van der Waals surface area contributed by atoms with Gasteiger partial charge >= 0.3 is 5.97 Å². The van der Waals surface area contributed by atoms with Crippen LogP contribution in [-0.2, 0) is 4.79 Å². The van der Waals surface area contributed by atoms with Crippen LogP contribution in [0.5, 0.6) is 0 Å². The molecule has 0 bridgehead atoms. The second kappa shape index (κ2) is 10.8. The van der Waals surface area contributed by atoms with Gasteiger partial charge in [-0.1, -0.05) is 23.9 Å². The lowest BCUT2D eigenvalue weighted by Crippen LogP contribution is -2.22. The van der Waals surface area contributed by atoms with Crippen LogP contribution in [0.2, 0.25) is 0 Å². The largest absolute Gasteiger partial charge is 0.476 e. The summed E-state index contributed by atoms with van der Waals surface area (Å²) in [5.74, 6) is 6.04. The average Bonchev–Trinajstić information content (AvgIpc) is 3.23. The topological polar surface area (TPSA) is 87.5 Å². The number of aliphatic hydroxyl groups is 1. The molecule has 1 saturated carbocycles. The number of aromatic nitrogens is 1. The van der Waals surface area contributed by atoms with Crippen LogP contribution in [0.4, 0.5) is 0 Å². The van der Waals surface area contributed by atoms with Crippen LogP contribution in [0.3, 0.4) is 0 Å². The van der Waals surface area contributed by atoms with Crippen molar-refractivity contribution in [3.63, 3.8) is 0 Å². The Morgan fingerprint density at radius 2 is 2.32 bits per heavy atom. The Balaban J connectivity index is 1.82. The van der Waals surface area contributed by atoms with Gasteiger partial charge in [-0.25, -0.2) is 9.78 Å². The summed E-state index contributed by atoms with van der Waals surface area (Å²) in [5.41, 5.74) is -0.705. The number of hydrogen-bond donors (Lipinski definition) is 2. The molecule has 28 heavy (non-hydrogen) atoms. The highest BCUT2D eigenvalue weighted by Crippen LogP contribution is 2.35. The summed E-state index contributed by atoms with van der Waals surface area (Å²) in [7, 11) is 0. The number of carbonyl (C=O) groups excluding carboxylic acids is 1. The first-order valence-electron chi connectivity index (χ1n) is 9.45. The van der Waals surface area contributed by atoms with Crippen molar-refractivity contribution in [1.29, 1.82) is 0 Å². The Bertz CT molecular complexity index is 773. The first-order chi connectivity index (χ1) is 13.3. The zero-order valence-electron chi connectivity index (χ0n) is 16.3. The number of carboxylic acid groups (broad SMARTS) is 1. The maximum absolute atomic E-state index is 12.3. The molecule has 0 aromatic carbocycles. The maximum Gasteiger partial charge on any atom is 0.355 e. The minimum absolute atomic E-state index is 0.00133. The fourth-order valence-electron chi connectivity index (χ4n) is 3.29. The molecule has 2 rings (SSSR count). The molecule has 1 fully saturated rings. The van der Waals surface area contributed by atoms with Gasteiger partial charge in [0.2, 0.25) is 0 Å². The number of carbonyl (C=O) groups is 2. The second-order valence-electron chi connectivity index (χ2n) is 7.27. The van der Waals surface area contributed by atoms with Crippen molar-refractivity contribution < 1.29 is 19.8 Å². The molecule has 2 N–H and O–H groups in total. The Hall–Kier alpha value is -1.62. The lowest BCUT2D eigenvalue weighted by molar-refractivity contribution is -0.121. The lowest BCUT2D eigenvalue weighted by Gasteiger charge is -2.21. The van der Waals surface area contributed by atoms with Gasteiger partial charge in [-0.15, -0.1) is 23.2 Å². The number of Topliss-reactive ketones (excluding diaryl/α,β-unsaturated/α-hetero) is 1. The molecule has 1 aromatic heterocycles. The normalized spacial score (nSPS) is 21.5. The molecule has 1 unspecified atom stereocenters. The highest BCUT2D eigenvalue weighted by atomic mass is 32.2. The Kier molecular flexibility index (Phi) is 8.74. The van der Waals surface area contributed by atoms with Crippen molar-refractivity contribution >= 4 is 34.9 Å². The maximum atomic E-state index is 12.3. The second-order valence-corrected chi connectivity index (χ2v) is 9.47. The van der Waals surface area contributed by atoms with E-state index in [1.165, 1.54) is 28.5 Å². The van der Waals surface area contributed by atoms with Crippen LogP contribution < -0.4 is 0 Å². The van der Waals surface area contributed by atoms with E-state index in [-0.39, 0.29) is 17.5 Å². The van der Waals surface area contributed by atoms with Crippen LogP contribution in [0.1, 0.15) is 62.9 Å². The summed E-state index contributed by atoms with van der Waals surface area (Å²) < 4.78 is 0.723. The van der Waals surface area contributed by atoms with E-state index in [9.17, 15) is 14.7 Å². The van der Waals surface area contributed by atoms with Gasteiger partial charge in [-0.2, -0.15) is 0 Å². The minimum Gasteiger partial charge on any atom is -0.476 e. The van der Waals surface area contributed by atoms with Crippen LogP contribution in [-0.4, -0.2) is 38.3 Å². The van der Waals surface area contributed by atoms with Gasteiger partial charge in [0, 0.05) is 29.9 Å². The summed E-state index contributed by atoms with van der Waals surface area (Å²) in [6.07, 6.45) is 8.18. The summed E-state index contributed by atoms with van der Waals surface area (Å²) >= 11 is 2.83. The zero-order valence-corrected chi connectivity index (χ0v) is 17.9. The van der Waals surface area contributed by atoms with Crippen molar-refractivity contribution in [2.24, 2.45) is 11.8 Å². The van der Waals surface area contributed by atoms with Gasteiger partial charge in [0.25, 0.3) is 0 Å². The third-order valence-corrected chi connectivity index (χ3v) is 6.97. The molecule has 0 amide bonds. The number of thiazole rings is 1. The zero-order chi connectivity index (χ0) is 20.6. The Morgan fingerprint density at radius 3 is 3.00 bits per heavy atom. The molecule has 7 heteroatoms. The Morgan fingerprint density at radius 1 is 1.54 bits per heavy atom. The Labute approximate surface area is 174 Å². The number of thioether (sulfide) groups is 1. The van der Waals surface area contributed by atoms with Crippen molar-refractivity contribution in [2.45, 2.75) is 62.3 Å². The number of rotatable bonds is 10. The average molecular weight is 422 g/mol. The van der Waals surface area contributed by atoms with E-state index < -0.39 is 11.6 Å². The van der Waals surface area contributed by atoms with Gasteiger partial charge in [0.05, 0.1) is 5.60 Å². The van der Waals surface area contributed by atoms with E-state index in [4.69, 9.17) is 5.11 Å². The number of hydrogen-bond acceptors (Lipinski definition) is 6. The summed E-state index contributed by atoms with van der Waals surface area (Å²) in [5, 5.41) is 20.9. The van der Waals surface area contributed by atoms with Crippen molar-refractivity contribution in [1.82, 2.24) is 4.98 Å². The summed E-state index contributed by atoms with van der Waals surface area (Å²) in [6, 6.07) is 0. The van der Waals surface area contributed by atoms with E-state index in [0.717, 1.165) is 22.9 Å². The fraction of sp³-hybridized carbons (Fsp3) is 0.571. The molecule has 1 aromatic rings. The van der Waals surface area contributed by atoms with Gasteiger partial charge in [0.1, 0.15) is 5.78 Å². The third-order valence-electron chi connectivity index (χ3n) is 4.92. The van der Waals surface area contributed by atoms with Crippen molar-refractivity contribution in [2.75, 3.05) is 5.75 Å². The van der Waals surface area contributed by atoms with Gasteiger partial charge < -0.3 is 10.2 Å². The fourth-order valence-corrected chi connectivity index (χ4v) is 5.18. The minimum atomic E-state index is -1.02. The predicted octanol–water partition coefficient (Wildman–Crippen LogP) is 4.42. The van der Waals surface area contributed by atoms with Crippen molar-refractivity contribution in [3.05, 3.63) is 23.2 Å². The molecule has 3 atom stereocenters. The first kappa shape index (κ1) is 22.7. The monoisotopic (exact) mass is 421 g/mol. The summed E-state index contributed by atoms with van der Waals surface area (Å²) in [4.78, 5) is 27.2. The van der Waals surface area contributed by atoms with Gasteiger partial charge in [0.15, 0.2) is 10.0 Å². The predicted molar refractivity (Wildman–Crippen MR) is 113 cm³/mol. The molecular formula is C21H27NO4S2. The van der Waals surface area contributed by atoms with E-state index in [0.29, 0.717) is 31.5 Å². The molecule has 1 heterocycles. The smallest absolute Gasteiger partial charge is 0.355 e. The molecule has 1 aliphatic rings. The van der Waals surface area contributed by atoms with E-state index in [2.05, 4.69) is 22.9 Å². The molecule has 0 aliphatic heterocycles. The highest BCUT2D eigenvalue weighted by Gasteiger charge is 2.32. The number of carboxylic acids is 1. The number of ketones is 1. The van der Waals surface area contributed by atoms with E-state index >= 15 is 0 Å². The number of aromatic carboxylic acids is 1. The van der Waals surface area contributed by atoms with Crippen LogP contribution >= 0.6 is 23.1 Å². The molecule has 1 aliphatic carbocycles. The van der Waals surface area contributed by atoms with Gasteiger partial charge in [-0.3, -0.25) is 4.79 Å². The molecule has 152 valence electrons. The SMILES string of the molecule is CC#CCCC(C)(O)C/C=C/[C@@H]1CCC(=O)[C@@H]1CCSc1nc(C(=O)O)cs1. The molecule has 0 saturated heterocycles. The van der Waals surface area contributed by atoms with Gasteiger partial charge in [-0.05, 0) is 45.4 Å². The molecular weight excluding hydrogens is 394 g/mol. The lowest BCUT2D eigenvalue weighted by atomic mass is 9.90.